The van der Waals surface area contributed by atoms with E-state index in [-0.39, 0.29) is 41.8 Å². The summed E-state index contributed by atoms with van der Waals surface area (Å²) in [6.45, 7) is 2.98. The molecule has 2 heterocycles. The van der Waals surface area contributed by atoms with Crippen molar-refractivity contribution >= 4 is 35.7 Å². The van der Waals surface area contributed by atoms with Gasteiger partial charge in [-0.2, -0.15) is 13.2 Å². The lowest BCUT2D eigenvalue weighted by Gasteiger charge is -2.40. The van der Waals surface area contributed by atoms with Crippen LogP contribution >= 0.6 is 12.4 Å². The molecule has 0 atom stereocenters. The van der Waals surface area contributed by atoms with E-state index in [4.69, 9.17) is 5.73 Å². The lowest BCUT2D eigenvalue weighted by molar-refractivity contribution is -0.139. The van der Waals surface area contributed by atoms with E-state index >= 15 is 0 Å². The summed E-state index contributed by atoms with van der Waals surface area (Å²) in [6.07, 6.45) is -2.39. The van der Waals surface area contributed by atoms with Gasteiger partial charge < -0.3 is 20.9 Å². The fourth-order valence-electron chi connectivity index (χ4n) is 3.41. The zero-order valence-electron chi connectivity index (χ0n) is 15.3. The fourth-order valence-corrected chi connectivity index (χ4v) is 3.41. The molecular formula is C17H23ClF3N5O2. The Morgan fingerprint density at radius 3 is 2.32 bits per heavy atom. The molecule has 0 aromatic carbocycles. The molecule has 156 valence electrons. The number of aromatic nitrogens is 1. The summed E-state index contributed by atoms with van der Waals surface area (Å²) in [6, 6.07) is 0.980. The maximum atomic E-state index is 12.9. The van der Waals surface area contributed by atoms with Gasteiger partial charge in [-0.3, -0.25) is 9.59 Å². The molecule has 0 unspecified atom stereocenters. The van der Waals surface area contributed by atoms with Crippen molar-refractivity contribution in [3.63, 3.8) is 0 Å². The SMILES string of the molecule is CC(=O)Nc1cc(C(F)(F)F)cnc1N1CCN(C(=O)C2CC(N)C2)CC1.Cl. The third-order valence-electron chi connectivity index (χ3n) is 4.92. The molecule has 1 aliphatic heterocycles. The topological polar surface area (TPSA) is 91.6 Å². The Bertz CT molecular complexity index is 732. The highest BCUT2D eigenvalue weighted by molar-refractivity contribution is 5.92. The first-order chi connectivity index (χ1) is 12.6. The highest BCUT2D eigenvalue weighted by atomic mass is 35.5. The summed E-state index contributed by atoms with van der Waals surface area (Å²) in [5.74, 6) is -0.145. The summed E-state index contributed by atoms with van der Waals surface area (Å²) < 4.78 is 38.8. The molecule has 1 aliphatic carbocycles. The van der Waals surface area contributed by atoms with Gasteiger partial charge in [-0.1, -0.05) is 0 Å². The van der Waals surface area contributed by atoms with Crippen molar-refractivity contribution in [1.29, 1.82) is 0 Å². The van der Waals surface area contributed by atoms with Gasteiger partial charge in [0.2, 0.25) is 11.8 Å². The van der Waals surface area contributed by atoms with Crippen LogP contribution < -0.4 is 16.0 Å². The number of nitrogens with two attached hydrogens (primary N) is 1. The number of rotatable bonds is 3. The minimum atomic E-state index is -4.55. The van der Waals surface area contributed by atoms with E-state index in [9.17, 15) is 22.8 Å². The average molecular weight is 422 g/mol. The largest absolute Gasteiger partial charge is 0.417 e. The number of amides is 2. The second kappa shape index (κ2) is 8.52. The smallest absolute Gasteiger partial charge is 0.351 e. The summed E-state index contributed by atoms with van der Waals surface area (Å²) in [4.78, 5) is 31.3. The van der Waals surface area contributed by atoms with Gasteiger partial charge in [-0.05, 0) is 18.9 Å². The Labute approximate surface area is 166 Å². The van der Waals surface area contributed by atoms with E-state index < -0.39 is 17.6 Å². The van der Waals surface area contributed by atoms with Gasteiger partial charge in [-0.15, -0.1) is 12.4 Å². The number of alkyl halides is 3. The van der Waals surface area contributed by atoms with Gasteiger partial charge in [0, 0.05) is 51.3 Å². The molecular weight excluding hydrogens is 399 g/mol. The molecule has 3 rings (SSSR count). The standard InChI is InChI=1S/C17H22F3N5O2.ClH/c1-10(26)23-14-8-12(17(18,19)20)9-22-15(14)24-2-4-25(5-3-24)16(27)11-6-13(21)7-11;/h8-9,11,13H,2-7,21H2,1H3,(H,23,26);1H. The first kappa shape index (κ1) is 22.2. The van der Waals surface area contributed by atoms with Gasteiger partial charge in [0.05, 0.1) is 11.3 Å². The van der Waals surface area contributed by atoms with E-state index in [2.05, 4.69) is 10.3 Å². The molecule has 7 nitrogen and oxygen atoms in total. The first-order valence-electron chi connectivity index (χ1n) is 8.79. The third kappa shape index (κ3) is 4.85. The van der Waals surface area contributed by atoms with E-state index in [1.165, 1.54) is 6.92 Å². The molecule has 28 heavy (non-hydrogen) atoms. The van der Waals surface area contributed by atoms with Crippen LogP contribution in [0.4, 0.5) is 24.7 Å². The predicted octanol–water partition coefficient (Wildman–Crippen LogP) is 1.87. The molecule has 2 fully saturated rings. The second-order valence-electron chi connectivity index (χ2n) is 7.01. The van der Waals surface area contributed by atoms with Crippen LogP contribution in [0.5, 0.6) is 0 Å². The van der Waals surface area contributed by atoms with Crippen LogP contribution in [0.2, 0.25) is 0 Å². The molecule has 2 amide bonds. The number of pyridine rings is 1. The molecule has 1 saturated carbocycles. The number of anilines is 2. The minimum absolute atomic E-state index is 0. The molecule has 11 heteroatoms. The van der Waals surface area contributed by atoms with Crippen molar-refractivity contribution in [2.24, 2.45) is 11.7 Å². The zero-order valence-corrected chi connectivity index (χ0v) is 16.1. The summed E-state index contributed by atoms with van der Waals surface area (Å²) in [5.41, 5.74) is 4.82. The summed E-state index contributed by atoms with van der Waals surface area (Å²) in [7, 11) is 0. The Morgan fingerprint density at radius 1 is 1.21 bits per heavy atom. The monoisotopic (exact) mass is 421 g/mol. The van der Waals surface area contributed by atoms with E-state index in [1.54, 1.807) is 9.80 Å². The summed E-state index contributed by atoms with van der Waals surface area (Å²) in [5, 5.41) is 2.42. The second-order valence-corrected chi connectivity index (χ2v) is 7.01. The van der Waals surface area contributed by atoms with E-state index in [1.807, 2.05) is 0 Å². The molecule has 1 saturated heterocycles. The number of piperazine rings is 1. The Morgan fingerprint density at radius 2 is 1.82 bits per heavy atom. The molecule has 1 aromatic heterocycles. The highest BCUT2D eigenvalue weighted by Crippen LogP contribution is 2.34. The van der Waals surface area contributed by atoms with Crippen molar-refractivity contribution in [1.82, 2.24) is 9.88 Å². The molecule has 3 N–H and O–H groups in total. The number of nitrogens with one attached hydrogen (secondary N) is 1. The van der Waals surface area contributed by atoms with Gasteiger partial charge in [0.1, 0.15) is 0 Å². The van der Waals surface area contributed by atoms with Gasteiger partial charge in [0.15, 0.2) is 5.82 Å². The van der Waals surface area contributed by atoms with Crippen LogP contribution in [-0.2, 0) is 15.8 Å². The van der Waals surface area contributed by atoms with E-state index in [0.29, 0.717) is 39.0 Å². The maximum Gasteiger partial charge on any atom is 0.417 e. The van der Waals surface area contributed by atoms with Crippen LogP contribution in [0.15, 0.2) is 12.3 Å². The van der Waals surface area contributed by atoms with Crippen molar-refractivity contribution in [2.75, 3.05) is 36.4 Å². The molecule has 0 radical (unpaired) electrons. The number of halogens is 4. The van der Waals surface area contributed by atoms with E-state index in [0.717, 1.165) is 12.3 Å². The third-order valence-corrected chi connectivity index (χ3v) is 4.92. The number of hydrogen-bond acceptors (Lipinski definition) is 5. The predicted molar refractivity (Wildman–Crippen MR) is 100 cm³/mol. The molecule has 0 spiro atoms. The molecule has 2 aliphatic rings. The van der Waals surface area contributed by atoms with Crippen molar-refractivity contribution in [3.05, 3.63) is 17.8 Å². The lowest BCUT2D eigenvalue weighted by Crippen LogP contribution is -2.53. The molecule has 0 bridgehead atoms. The average Bonchev–Trinajstić information content (AvgIpc) is 2.57. The van der Waals surface area contributed by atoms with Crippen molar-refractivity contribution in [2.45, 2.75) is 32.0 Å². The quantitative estimate of drug-likeness (QED) is 0.777. The Hall–Kier alpha value is -2.07. The number of nitrogens with zero attached hydrogens (tertiary/aromatic N) is 3. The Balaban J connectivity index is 0.00000280. The number of carbonyl (C=O) groups is 2. The first-order valence-corrected chi connectivity index (χ1v) is 8.79. The lowest BCUT2D eigenvalue weighted by atomic mass is 9.80. The van der Waals surface area contributed by atoms with Crippen molar-refractivity contribution < 1.29 is 22.8 Å². The highest BCUT2D eigenvalue weighted by Gasteiger charge is 2.36. The van der Waals surface area contributed by atoms with Crippen LogP contribution in [0.25, 0.3) is 0 Å². The van der Waals surface area contributed by atoms with Crippen LogP contribution in [0.1, 0.15) is 25.3 Å². The zero-order chi connectivity index (χ0) is 19.8. The van der Waals surface area contributed by atoms with Gasteiger partial charge >= 0.3 is 6.18 Å². The Kier molecular flexibility index (Phi) is 6.76. The van der Waals surface area contributed by atoms with Crippen molar-refractivity contribution in [3.8, 4) is 0 Å². The van der Waals surface area contributed by atoms with Gasteiger partial charge in [0.25, 0.3) is 0 Å². The molecule has 1 aromatic rings. The normalized spacial score (nSPS) is 22.2. The number of carbonyl (C=O) groups excluding carboxylic acids is 2. The van der Waals surface area contributed by atoms with Crippen LogP contribution in [-0.4, -0.2) is 53.9 Å². The maximum absolute atomic E-state index is 12.9. The van der Waals surface area contributed by atoms with Crippen LogP contribution in [0.3, 0.4) is 0 Å². The summed E-state index contributed by atoms with van der Waals surface area (Å²) >= 11 is 0. The van der Waals surface area contributed by atoms with Crippen LogP contribution in [0, 0.1) is 5.92 Å². The minimum Gasteiger partial charge on any atom is -0.351 e. The number of hydrogen-bond donors (Lipinski definition) is 2. The van der Waals surface area contributed by atoms with Gasteiger partial charge in [-0.25, -0.2) is 4.98 Å². The fraction of sp³-hybridized carbons (Fsp3) is 0.588.